The van der Waals surface area contributed by atoms with Gasteiger partial charge in [-0.2, -0.15) is 5.10 Å². The molecule has 0 bridgehead atoms. The number of ether oxygens (including phenoxy) is 1. The maximum absolute atomic E-state index is 13.0. The minimum absolute atomic E-state index is 0.0696. The monoisotopic (exact) mass is 354 g/mol. The summed E-state index contributed by atoms with van der Waals surface area (Å²) < 4.78 is 6.97. The number of aryl methyl sites for hydroxylation is 1. The van der Waals surface area contributed by atoms with E-state index in [2.05, 4.69) is 5.10 Å². The predicted octanol–water partition coefficient (Wildman–Crippen LogP) is 1.40. The van der Waals surface area contributed by atoms with Crippen molar-refractivity contribution in [1.29, 1.82) is 0 Å². The van der Waals surface area contributed by atoms with E-state index in [0.717, 1.165) is 12.0 Å². The largest absolute Gasteiger partial charge is 0.378 e. The van der Waals surface area contributed by atoms with Gasteiger partial charge in [-0.05, 0) is 12.0 Å². The fraction of sp³-hybridized carbons (Fsp3) is 0.421. The highest BCUT2D eigenvalue weighted by Gasteiger charge is 2.28. The van der Waals surface area contributed by atoms with E-state index in [0.29, 0.717) is 57.3 Å². The van der Waals surface area contributed by atoms with Gasteiger partial charge < -0.3 is 14.5 Å². The summed E-state index contributed by atoms with van der Waals surface area (Å²) in [5, 5.41) is 4.41. The van der Waals surface area contributed by atoms with Crippen LogP contribution in [-0.2, 0) is 17.8 Å². The zero-order chi connectivity index (χ0) is 17.9. The Morgan fingerprint density at radius 1 is 1.08 bits per heavy atom. The Hall–Kier alpha value is -2.67. The van der Waals surface area contributed by atoms with Gasteiger partial charge in [-0.1, -0.05) is 30.3 Å². The van der Waals surface area contributed by atoms with Crippen LogP contribution >= 0.6 is 0 Å². The number of hydrogen-bond donors (Lipinski definition) is 0. The number of carbonyl (C=O) groups is 2. The number of nitrogens with zero attached hydrogens (tertiary/aromatic N) is 4. The van der Waals surface area contributed by atoms with Gasteiger partial charge in [0.2, 0.25) is 0 Å². The van der Waals surface area contributed by atoms with Crippen molar-refractivity contribution in [2.45, 2.75) is 19.5 Å². The lowest BCUT2D eigenvalue weighted by Crippen LogP contribution is -2.40. The molecule has 7 nitrogen and oxygen atoms in total. The second-order valence-electron chi connectivity index (χ2n) is 6.61. The molecule has 2 aromatic rings. The van der Waals surface area contributed by atoms with E-state index in [-0.39, 0.29) is 11.8 Å². The van der Waals surface area contributed by atoms with Gasteiger partial charge in [-0.3, -0.25) is 14.3 Å². The van der Waals surface area contributed by atoms with Gasteiger partial charge in [0, 0.05) is 38.8 Å². The molecule has 0 aliphatic carbocycles. The Labute approximate surface area is 152 Å². The number of amides is 2. The third-order valence-corrected chi connectivity index (χ3v) is 4.82. The lowest BCUT2D eigenvalue weighted by atomic mass is 10.2. The zero-order valence-electron chi connectivity index (χ0n) is 14.6. The second kappa shape index (κ2) is 7.29. The Morgan fingerprint density at radius 3 is 2.62 bits per heavy atom. The molecule has 2 aliphatic rings. The molecule has 4 rings (SSSR count). The molecule has 1 fully saturated rings. The van der Waals surface area contributed by atoms with Gasteiger partial charge >= 0.3 is 0 Å². The van der Waals surface area contributed by atoms with Crippen molar-refractivity contribution in [3.8, 4) is 0 Å². The first-order chi connectivity index (χ1) is 12.7. The summed E-state index contributed by atoms with van der Waals surface area (Å²) in [5.74, 6) is -0.198. The molecule has 2 aliphatic heterocycles. The van der Waals surface area contributed by atoms with Crippen LogP contribution in [0.1, 0.15) is 33.0 Å². The Bertz CT molecular complexity index is 796. The Kier molecular flexibility index (Phi) is 4.71. The Morgan fingerprint density at radius 2 is 1.85 bits per heavy atom. The van der Waals surface area contributed by atoms with Gasteiger partial charge in [0.15, 0.2) is 5.69 Å². The average Bonchev–Trinajstić information content (AvgIpc) is 3.06. The third kappa shape index (κ3) is 3.35. The van der Waals surface area contributed by atoms with Crippen LogP contribution < -0.4 is 0 Å². The van der Waals surface area contributed by atoms with Crippen LogP contribution in [0.3, 0.4) is 0 Å². The smallest absolute Gasteiger partial charge is 0.274 e. The fourth-order valence-corrected chi connectivity index (χ4v) is 3.42. The van der Waals surface area contributed by atoms with E-state index in [1.54, 1.807) is 15.6 Å². The number of morpholine rings is 1. The summed E-state index contributed by atoms with van der Waals surface area (Å²) in [7, 11) is 0. The van der Waals surface area contributed by atoms with Crippen molar-refractivity contribution >= 4 is 11.8 Å². The lowest BCUT2D eigenvalue weighted by molar-refractivity contribution is 0.0298. The van der Waals surface area contributed by atoms with Gasteiger partial charge in [0.05, 0.1) is 13.2 Å². The van der Waals surface area contributed by atoms with Crippen molar-refractivity contribution in [2.24, 2.45) is 0 Å². The van der Waals surface area contributed by atoms with Gasteiger partial charge in [-0.25, -0.2) is 0 Å². The number of carbonyl (C=O) groups excluding carboxylic acids is 2. The highest BCUT2D eigenvalue weighted by atomic mass is 16.5. The number of fused-ring (bicyclic) bond motifs is 1. The Balaban J connectivity index is 1.54. The molecule has 1 saturated heterocycles. The zero-order valence-corrected chi connectivity index (χ0v) is 14.6. The summed E-state index contributed by atoms with van der Waals surface area (Å²) >= 11 is 0. The number of rotatable bonds is 3. The van der Waals surface area contributed by atoms with E-state index in [1.165, 1.54) is 0 Å². The minimum Gasteiger partial charge on any atom is -0.378 e. The first kappa shape index (κ1) is 16.8. The van der Waals surface area contributed by atoms with Gasteiger partial charge in [-0.15, -0.1) is 0 Å². The average molecular weight is 354 g/mol. The van der Waals surface area contributed by atoms with Crippen molar-refractivity contribution in [2.75, 3.05) is 32.8 Å². The van der Waals surface area contributed by atoms with Crippen LogP contribution in [0.25, 0.3) is 0 Å². The molecule has 0 spiro atoms. The van der Waals surface area contributed by atoms with Crippen molar-refractivity contribution in [1.82, 2.24) is 19.6 Å². The van der Waals surface area contributed by atoms with Crippen LogP contribution in [-0.4, -0.2) is 64.2 Å². The van der Waals surface area contributed by atoms with E-state index in [1.807, 2.05) is 35.2 Å². The quantitative estimate of drug-likeness (QED) is 0.836. The predicted molar refractivity (Wildman–Crippen MR) is 94.7 cm³/mol. The molecule has 7 heteroatoms. The van der Waals surface area contributed by atoms with E-state index in [9.17, 15) is 9.59 Å². The lowest BCUT2D eigenvalue weighted by Gasteiger charge is -2.26. The molecule has 2 amide bonds. The minimum atomic E-state index is -0.128. The molecule has 0 unspecified atom stereocenters. The molecule has 0 radical (unpaired) electrons. The molecule has 136 valence electrons. The first-order valence-electron chi connectivity index (χ1n) is 9.00. The number of benzene rings is 1. The van der Waals surface area contributed by atoms with Gasteiger partial charge in [0.1, 0.15) is 5.69 Å². The van der Waals surface area contributed by atoms with Crippen LogP contribution in [0.5, 0.6) is 0 Å². The highest BCUT2D eigenvalue weighted by molar-refractivity contribution is 5.98. The number of aromatic nitrogens is 2. The molecular formula is C19H22N4O3. The standard InChI is InChI=1S/C19H22N4O3/c24-18(21-9-11-26-12-10-21)16-13-17-19(25)22(7-4-8-23(17)20-16)14-15-5-2-1-3-6-15/h1-3,5-6,13H,4,7-12,14H2. The van der Waals surface area contributed by atoms with Crippen LogP contribution in [0.2, 0.25) is 0 Å². The molecule has 26 heavy (non-hydrogen) atoms. The van der Waals surface area contributed by atoms with E-state index >= 15 is 0 Å². The van der Waals surface area contributed by atoms with Crippen LogP contribution in [0, 0.1) is 0 Å². The second-order valence-corrected chi connectivity index (χ2v) is 6.61. The van der Waals surface area contributed by atoms with Crippen LogP contribution in [0.4, 0.5) is 0 Å². The first-order valence-corrected chi connectivity index (χ1v) is 9.00. The molecular weight excluding hydrogens is 332 g/mol. The molecule has 1 aromatic heterocycles. The molecule has 0 atom stereocenters. The molecule has 1 aromatic carbocycles. The maximum Gasteiger partial charge on any atom is 0.274 e. The normalized spacial score (nSPS) is 17.8. The van der Waals surface area contributed by atoms with Crippen molar-refractivity contribution in [3.05, 3.63) is 53.3 Å². The molecule has 0 N–H and O–H groups in total. The topological polar surface area (TPSA) is 67.7 Å². The summed E-state index contributed by atoms with van der Waals surface area (Å²) in [6, 6.07) is 11.6. The summed E-state index contributed by atoms with van der Waals surface area (Å²) in [6.07, 6.45) is 0.818. The molecule has 0 saturated carbocycles. The third-order valence-electron chi connectivity index (χ3n) is 4.82. The summed E-state index contributed by atoms with van der Waals surface area (Å²) in [6.45, 7) is 4.11. The van der Waals surface area contributed by atoms with Crippen molar-refractivity contribution in [3.63, 3.8) is 0 Å². The van der Waals surface area contributed by atoms with Gasteiger partial charge in [0.25, 0.3) is 11.8 Å². The van der Waals surface area contributed by atoms with E-state index in [4.69, 9.17) is 4.74 Å². The fourth-order valence-electron chi connectivity index (χ4n) is 3.42. The summed E-state index contributed by atoms with van der Waals surface area (Å²) in [5.41, 5.74) is 1.94. The number of hydrogen-bond acceptors (Lipinski definition) is 4. The van der Waals surface area contributed by atoms with E-state index < -0.39 is 0 Å². The highest BCUT2D eigenvalue weighted by Crippen LogP contribution is 2.17. The van der Waals surface area contributed by atoms with Crippen molar-refractivity contribution < 1.29 is 14.3 Å². The maximum atomic E-state index is 13.0. The molecule has 3 heterocycles. The SMILES string of the molecule is O=C(c1cc2n(n1)CCCN(Cc1ccccc1)C2=O)N1CCOCC1. The van der Waals surface area contributed by atoms with Crippen LogP contribution in [0.15, 0.2) is 36.4 Å². The summed E-state index contributed by atoms with van der Waals surface area (Å²) in [4.78, 5) is 29.2.